The van der Waals surface area contributed by atoms with Crippen LogP contribution in [0.15, 0.2) is 57.7 Å². The van der Waals surface area contributed by atoms with Gasteiger partial charge in [-0.15, -0.1) is 0 Å². The highest BCUT2D eigenvalue weighted by molar-refractivity contribution is 5.88. The van der Waals surface area contributed by atoms with Gasteiger partial charge in [-0.25, -0.2) is 4.79 Å². The fraction of sp³-hybridized carbons (Fsp3) is 0.150. The Balaban J connectivity index is 1.78. The summed E-state index contributed by atoms with van der Waals surface area (Å²) in [4.78, 5) is 34.3. The summed E-state index contributed by atoms with van der Waals surface area (Å²) in [5.74, 6) is -1.15. The number of hydrogen-bond donors (Lipinski definition) is 3. The second-order valence-corrected chi connectivity index (χ2v) is 6.13. The predicted octanol–water partition coefficient (Wildman–Crippen LogP) is 1.70. The summed E-state index contributed by atoms with van der Waals surface area (Å²) < 4.78 is 10.9. The van der Waals surface area contributed by atoms with Crippen LogP contribution in [0, 0.1) is 0 Å². The van der Waals surface area contributed by atoms with E-state index in [4.69, 9.17) is 20.0 Å². The van der Waals surface area contributed by atoms with Crippen LogP contribution in [0.5, 0.6) is 5.75 Å². The quantitative estimate of drug-likeness (QED) is 0.418. The number of ether oxygens (including phenoxy) is 1. The van der Waals surface area contributed by atoms with E-state index in [0.29, 0.717) is 29.0 Å². The molecule has 0 fully saturated rings. The smallest absolute Gasteiger partial charge is 0.336 e. The molecule has 1 amide bonds. The summed E-state index contributed by atoms with van der Waals surface area (Å²) >= 11 is 0. The minimum Gasteiger partial charge on any atom is -0.489 e. The Hall–Kier alpha value is -3.81. The minimum absolute atomic E-state index is 0.138. The summed E-state index contributed by atoms with van der Waals surface area (Å²) in [6.45, 7) is -0.172. The van der Waals surface area contributed by atoms with Crippen molar-refractivity contribution in [1.29, 1.82) is 0 Å². The van der Waals surface area contributed by atoms with Crippen molar-refractivity contribution in [3.63, 3.8) is 0 Å². The van der Waals surface area contributed by atoms with Crippen LogP contribution in [0.4, 0.5) is 5.69 Å². The molecule has 0 unspecified atom stereocenters. The molecule has 0 saturated heterocycles. The van der Waals surface area contributed by atoms with Crippen molar-refractivity contribution in [3.05, 3.63) is 70.1 Å². The van der Waals surface area contributed by atoms with Gasteiger partial charge in [0.05, 0.1) is 6.42 Å². The van der Waals surface area contributed by atoms with Gasteiger partial charge in [0.25, 0.3) is 0 Å². The Morgan fingerprint density at radius 2 is 1.86 bits per heavy atom. The SMILES string of the molecule is Nc1ccc(COc2ccc3c(CC(=O)NCC(=O)O)cc(=O)oc3c2)cc1. The van der Waals surface area contributed by atoms with E-state index in [9.17, 15) is 14.4 Å². The molecule has 4 N–H and O–H groups in total. The molecule has 8 heteroatoms. The van der Waals surface area contributed by atoms with Gasteiger partial charge >= 0.3 is 11.6 Å². The molecule has 0 aliphatic rings. The minimum atomic E-state index is -1.14. The van der Waals surface area contributed by atoms with E-state index in [1.807, 2.05) is 12.1 Å². The molecule has 28 heavy (non-hydrogen) atoms. The number of anilines is 1. The lowest BCUT2D eigenvalue weighted by atomic mass is 10.1. The molecule has 0 spiro atoms. The second kappa shape index (κ2) is 8.26. The number of nitrogen functional groups attached to an aromatic ring is 1. The molecule has 1 aromatic heterocycles. The average Bonchev–Trinajstić information content (AvgIpc) is 2.65. The number of amides is 1. The highest BCUT2D eigenvalue weighted by atomic mass is 16.5. The fourth-order valence-electron chi connectivity index (χ4n) is 2.64. The molecular formula is C20H18N2O6. The standard InChI is InChI=1S/C20H18N2O6/c21-14-3-1-12(2-4-14)11-27-15-5-6-16-13(7-18(23)22-10-19(24)25)8-20(26)28-17(16)9-15/h1-6,8-9H,7,10-11,21H2,(H,22,23)(H,24,25). The van der Waals surface area contributed by atoms with E-state index < -0.39 is 24.0 Å². The largest absolute Gasteiger partial charge is 0.489 e. The molecule has 3 rings (SSSR count). The Morgan fingerprint density at radius 1 is 1.11 bits per heavy atom. The Kier molecular flexibility index (Phi) is 5.59. The Bertz CT molecular complexity index is 1070. The van der Waals surface area contributed by atoms with Crippen molar-refractivity contribution in [1.82, 2.24) is 5.32 Å². The van der Waals surface area contributed by atoms with Crippen LogP contribution in [0.1, 0.15) is 11.1 Å². The maximum atomic E-state index is 11.9. The first-order chi connectivity index (χ1) is 13.4. The number of benzene rings is 2. The van der Waals surface area contributed by atoms with Crippen LogP contribution in [0.2, 0.25) is 0 Å². The van der Waals surface area contributed by atoms with Crippen molar-refractivity contribution in [2.45, 2.75) is 13.0 Å². The molecule has 2 aromatic carbocycles. The van der Waals surface area contributed by atoms with Crippen LogP contribution < -0.4 is 21.4 Å². The number of fused-ring (bicyclic) bond motifs is 1. The predicted molar refractivity (Wildman–Crippen MR) is 102 cm³/mol. The highest BCUT2D eigenvalue weighted by Gasteiger charge is 2.12. The van der Waals surface area contributed by atoms with Gasteiger partial charge in [-0.05, 0) is 35.4 Å². The van der Waals surface area contributed by atoms with Gasteiger partial charge in [0.2, 0.25) is 5.91 Å². The molecule has 0 saturated carbocycles. The molecule has 144 valence electrons. The summed E-state index contributed by atoms with van der Waals surface area (Å²) in [6, 6.07) is 13.5. The number of rotatable bonds is 7. The van der Waals surface area contributed by atoms with Gasteiger partial charge in [0.15, 0.2) is 0 Å². The number of aliphatic carboxylic acids is 1. The first kappa shape index (κ1) is 19.0. The lowest BCUT2D eigenvalue weighted by molar-refractivity contribution is -0.137. The first-order valence-electron chi connectivity index (χ1n) is 8.43. The third kappa shape index (κ3) is 4.88. The second-order valence-electron chi connectivity index (χ2n) is 6.13. The molecule has 3 aromatic rings. The van der Waals surface area contributed by atoms with Crippen molar-refractivity contribution in [2.75, 3.05) is 12.3 Å². The number of carbonyl (C=O) groups is 2. The van der Waals surface area contributed by atoms with Crippen molar-refractivity contribution in [3.8, 4) is 5.75 Å². The van der Waals surface area contributed by atoms with Crippen molar-refractivity contribution in [2.24, 2.45) is 0 Å². The number of carboxylic acids is 1. The zero-order valence-electron chi connectivity index (χ0n) is 14.8. The van der Waals surface area contributed by atoms with Crippen LogP contribution in [-0.2, 0) is 22.6 Å². The number of nitrogens with two attached hydrogens (primary N) is 1. The monoisotopic (exact) mass is 382 g/mol. The number of hydrogen-bond acceptors (Lipinski definition) is 6. The number of carbonyl (C=O) groups excluding carboxylic acids is 1. The van der Waals surface area contributed by atoms with E-state index in [1.165, 1.54) is 6.07 Å². The zero-order valence-corrected chi connectivity index (χ0v) is 14.8. The maximum absolute atomic E-state index is 11.9. The van der Waals surface area contributed by atoms with Gasteiger partial charge in [0.1, 0.15) is 24.5 Å². The topological polar surface area (TPSA) is 132 Å². The van der Waals surface area contributed by atoms with Crippen LogP contribution in [-0.4, -0.2) is 23.5 Å². The molecule has 8 nitrogen and oxygen atoms in total. The molecule has 0 radical (unpaired) electrons. The number of nitrogens with one attached hydrogen (secondary N) is 1. The molecule has 0 aliphatic carbocycles. The molecular weight excluding hydrogens is 364 g/mol. The molecule has 0 bridgehead atoms. The van der Waals surface area contributed by atoms with E-state index in [-0.39, 0.29) is 12.0 Å². The van der Waals surface area contributed by atoms with E-state index in [2.05, 4.69) is 5.32 Å². The van der Waals surface area contributed by atoms with E-state index in [1.54, 1.807) is 30.3 Å². The maximum Gasteiger partial charge on any atom is 0.336 e. The fourth-order valence-corrected chi connectivity index (χ4v) is 2.64. The van der Waals surface area contributed by atoms with Crippen molar-refractivity contribution < 1.29 is 23.8 Å². The summed E-state index contributed by atoms with van der Waals surface area (Å²) in [5, 5.41) is 11.5. The van der Waals surface area contributed by atoms with Crippen LogP contribution in [0.3, 0.4) is 0 Å². The highest BCUT2D eigenvalue weighted by Crippen LogP contribution is 2.24. The third-order valence-corrected chi connectivity index (χ3v) is 3.97. The third-order valence-electron chi connectivity index (χ3n) is 3.97. The zero-order chi connectivity index (χ0) is 20.1. The normalized spacial score (nSPS) is 10.6. The van der Waals surface area contributed by atoms with Gasteiger partial charge in [-0.2, -0.15) is 0 Å². The Labute approximate surface area is 159 Å². The summed E-state index contributed by atoms with van der Waals surface area (Å²) in [6.07, 6.45) is -0.138. The molecule has 0 aliphatic heterocycles. The van der Waals surface area contributed by atoms with Gasteiger partial charge in [0, 0.05) is 23.2 Å². The number of carboxylic acid groups (broad SMARTS) is 1. The lowest BCUT2D eigenvalue weighted by Crippen LogP contribution is -2.30. The van der Waals surface area contributed by atoms with Gasteiger partial charge < -0.3 is 25.3 Å². The van der Waals surface area contributed by atoms with Gasteiger partial charge in [-0.3, -0.25) is 9.59 Å². The summed E-state index contributed by atoms with van der Waals surface area (Å²) in [7, 11) is 0. The average molecular weight is 382 g/mol. The van der Waals surface area contributed by atoms with E-state index >= 15 is 0 Å². The van der Waals surface area contributed by atoms with E-state index in [0.717, 1.165) is 5.56 Å². The summed E-state index contributed by atoms with van der Waals surface area (Å²) in [5.41, 5.74) is 7.36. The van der Waals surface area contributed by atoms with Crippen molar-refractivity contribution >= 4 is 28.5 Å². The molecule has 0 atom stereocenters. The Morgan fingerprint density at radius 3 is 2.57 bits per heavy atom. The van der Waals surface area contributed by atoms with Gasteiger partial charge in [-0.1, -0.05) is 12.1 Å². The van der Waals surface area contributed by atoms with Crippen LogP contribution >= 0.6 is 0 Å². The first-order valence-corrected chi connectivity index (χ1v) is 8.43. The molecule has 1 heterocycles. The van der Waals surface area contributed by atoms with Crippen LogP contribution in [0.25, 0.3) is 11.0 Å². The lowest BCUT2D eigenvalue weighted by Gasteiger charge is -2.09.